The van der Waals surface area contributed by atoms with Crippen LogP contribution in [0.2, 0.25) is 0 Å². The lowest BCUT2D eigenvalue weighted by molar-refractivity contribution is -0.163. The first-order valence-electron chi connectivity index (χ1n) is 4.82. The lowest BCUT2D eigenvalue weighted by atomic mass is 9.72. The molecule has 0 saturated heterocycles. The van der Waals surface area contributed by atoms with Crippen molar-refractivity contribution in [1.29, 1.82) is 0 Å². The second-order valence-electron chi connectivity index (χ2n) is 4.23. The van der Waals surface area contributed by atoms with Gasteiger partial charge in [-0.3, -0.25) is 14.4 Å². The summed E-state index contributed by atoms with van der Waals surface area (Å²) in [6.45, 7) is 3.89. The Hall–Kier alpha value is -1.59. The molecule has 0 aromatic rings. The van der Waals surface area contributed by atoms with Gasteiger partial charge in [-0.1, -0.05) is 13.8 Å². The molecule has 3 N–H and O–H groups in total. The van der Waals surface area contributed by atoms with E-state index in [0.717, 1.165) is 0 Å². The topological polar surface area (TPSA) is 112 Å². The highest BCUT2D eigenvalue weighted by Gasteiger charge is 2.44. The van der Waals surface area contributed by atoms with Gasteiger partial charge < -0.3 is 15.3 Å². The number of aliphatic carboxylic acids is 3. The molecule has 0 saturated carbocycles. The molecule has 0 aromatic carbocycles. The molecule has 0 amide bonds. The van der Waals surface area contributed by atoms with Crippen LogP contribution in [-0.4, -0.2) is 33.2 Å². The number of carbonyl (C=O) groups is 3. The second-order valence-corrected chi connectivity index (χ2v) is 4.23. The zero-order chi connectivity index (χ0) is 13.1. The quantitative estimate of drug-likeness (QED) is 0.627. The standard InChI is InChI=1S/C10H16O6/c1-5(7(11)12)4-10(3,9(15)16)6(2)8(13)14/h5-6H,4H2,1-3H3,(H,11,12)(H,13,14)(H,15,16)/t5-,6+,10+/m1/s1. The van der Waals surface area contributed by atoms with Crippen LogP contribution >= 0.6 is 0 Å². The molecule has 0 bridgehead atoms. The van der Waals surface area contributed by atoms with E-state index in [4.69, 9.17) is 15.3 Å². The molecule has 0 aliphatic rings. The molecule has 0 heterocycles. The normalized spacial score (nSPS) is 18.2. The van der Waals surface area contributed by atoms with Crippen molar-refractivity contribution in [3.8, 4) is 0 Å². The monoisotopic (exact) mass is 232 g/mol. The summed E-state index contributed by atoms with van der Waals surface area (Å²) >= 11 is 0. The number of carboxylic acids is 3. The van der Waals surface area contributed by atoms with Crippen molar-refractivity contribution in [2.75, 3.05) is 0 Å². The fraction of sp³-hybridized carbons (Fsp3) is 0.700. The summed E-state index contributed by atoms with van der Waals surface area (Å²) < 4.78 is 0. The van der Waals surface area contributed by atoms with Crippen molar-refractivity contribution in [2.45, 2.75) is 27.2 Å². The molecule has 0 fully saturated rings. The highest BCUT2D eigenvalue weighted by Crippen LogP contribution is 2.35. The maximum absolute atomic E-state index is 11.1. The maximum atomic E-state index is 11.1. The Morgan fingerprint density at radius 1 is 1.06 bits per heavy atom. The van der Waals surface area contributed by atoms with E-state index in [1.807, 2.05) is 0 Å². The summed E-state index contributed by atoms with van der Waals surface area (Å²) in [6.07, 6.45) is -0.217. The molecule has 0 radical (unpaired) electrons. The van der Waals surface area contributed by atoms with Crippen LogP contribution in [0.3, 0.4) is 0 Å². The van der Waals surface area contributed by atoms with Gasteiger partial charge in [0, 0.05) is 0 Å². The minimum atomic E-state index is -1.58. The first-order valence-corrected chi connectivity index (χ1v) is 4.82. The summed E-state index contributed by atoms with van der Waals surface area (Å²) in [7, 11) is 0. The molecular weight excluding hydrogens is 216 g/mol. The Labute approximate surface area is 92.9 Å². The van der Waals surface area contributed by atoms with Crippen LogP contribution in [-0.2, 0) is 14.4 Å². The van der Waals surface area contributed by atoms with E-state index in [-0.39, 0.29) is 6.42 Å². The van der Waals surface area contributed by atoms with Crippen LogP contribution < -0.4 is 0 Å². The summed E-state index contributed by atoms with van der Waals surface area (Å²) in [5, 5.41) is 26.5. The molecule has 6 nitrogen and oxygen atoms in total. The van der Waals surface area contributed by atoms with Gasteiger partial charge in [-0.2, -0.15) is 0 Å². The van der Waals surface area contributed by atoms with Crippen LogP contribution in [0.15, 0.2) is 0 Å². The van der Waals surface area contributed by atoms with E-state index >= 15 is 0 Å². The molecule has 92 valence electrons. The van der Waals surface area contributed by atoms with Crippen molar-refractivity contribution in [1.82, 2.24) is 0 Å². The van der Waals surface area contributed by atoms with Crippen LogP contribution in [0, 0.1) is 17.3 Å². The van der Waals surface area contributed by atoms with Gasteiger partial charge in [-0.25, -0.2) is 0 Å². The largest absolute Gasteiger partial charge is 0.481 e. The van der Waals surface area contributed by atoms with Crippen molar-refractivity contribution >= 4 is 17.9 Å². The van der Waals surface area contributed by atoms with Gasteiger partial charge in [0.1, 0.15) is 0 Å². The Morgan fingerprint density at radius 2 is 1.50 bits per heavy atom. The van der Waals surface area contributed by atoms with Crippen molar-refractivity contribution < 1.29 is 29.7 Å². The Bertz CT molecular complexity index is 310. The zero-order valence-electron chi connectivity index (χ0n) is 9.43. The van der Waals surface area contributed by atoms with E-state index in [9.17, 15) is 14.4 Å². The van der Waals surface area contributed by atoms with Crippen LogP contribution in [0.5, 0.6) is 0 Å². The fourth-order valence-corrected chi connectivity index (χ4v) is 1.45. The predicted octanol–water partition coefficient (Wildman–Crippen LogP) is 0.909. The number of hydrogen-bond acceptors (Lipinski definition) is 3. The van der Waals surface area contributed by atoms with E-state index in [0.29, 0.717) is 0 Å². The third-order valence-corrected chi connectivity index (χ3v) is 2.97. The number of carboxylic acid groups (broad SMARTS) is 3. The molecule has 0 aromatic heterocycles. The Kier molecular flexibility index (Phi) is 4.47. The lowest BCUT2D eigenvalue weighted by Crippen LogP contribution is -2.41. The number of hydrogen-bond donors (Lipinski definition) is 3. The molecule has 0 unspecified atom stereocenters. The lowest BCUT2D eigenvalue weighted by Gasteiger charge is -2.30. The molecule has 0 rings (SSSR count). The zero-order valence-corrected chi connectivity index (χ0v) is 9.43. The first-order chi connectivity index (χ1) is 7.12. The Balaban J connectivity index is 5.05. The van der Waals surface area contributed by atoms with Gasteiger partial charge in [0.05, 0.1) is 17.3 Å². The minimum Gasteiger partial charge on any atom is -0.481 e. The van der Waals surface area contributed by atoms with Gasteiger partial charge in [0.2, 0.25) is 0 Å². The average molecular weight is 232 g/mol. The molecule has 0 aliphatic carbocycles. The van der Waals surface area contributed by atoms with Crippen LogP contribution in [0.4, 0.5) is 0 Å². The van der Waals surface area contributed by atoms with E-state index in [1.54, 1.807) is 0 Å². The fourth-order valence-electron chi connectivity index (χ4n) is 1.45. The Morgan fingerprint density at radius 3 is 1.75 bits per heavy atom. The highest BCUT2D eigenvalue weighted by molar-refractivity contribution is 5.83. The predicted molar refractivity (Wildman–Crippen MR) is 54.0 cm³/mol. The third kappa shape index (κ3) is 2.95. The average Bonchev–Trinajstić information content (AvgIpc) is 2.15. The van der Waals surface area contributed by atoms with Crippen molar-refractivity contribution in [3.63, 3.8) is 0 Å². The third-order valence-electron chi connectivity index (χ3n) is 2.97. The molecule has 16 heavy (non-hydrogen) atoms. The summed E-state index contributed by atoms with van der Waals surface area (Å²) in [6, 6.07) is 0. The van der Waals surface area contributed by atoms with E-state index in [2.05, 4.69) is 0 Å². The van der Waals surface area contributed by atoms with E-state index in [1.165, 1.54) is 20.8 Å². The maximum Gasteiger partial charge on any atom is 0.310 e. The first kappa shape index (κ1) is 14.4. The molecule has 0 aliphatic heterocycles. The van der Waals surface area contributed by atoms with Gasteiger partial charge in [0.15, 0.2) is 0 Å². The van der Waals surface area contributed by atoms with Crippen molar-refractivity contribution in [2.24, 2.45) is 17.3 Å². The smallest absolute Gasteiger partial charge is 0.310 e. The minimum absolute atomic E-state index is 0.217. The van der Waals surface area contributed by atoms with Crippen LogP contribution in [0.25, 0.3) is 0 Å². The van der Waals surface area contributed by atoms with Gasteiger partial charge in [-0.15, -0.1) is 0 Å². The molecule has 6 heteroatoms. The summed E-state index contributed by atoms with van der Waals surface area (Å²) in [5.41, 5.74) is -1.58. The van der Waals surface area contributed by atoms with Crippen LogP contribution in [0.1, 0.15) is 27.2 Å². The molecule has 0 spiro atoms. The highest BCUT2D eigenvalue weighted by atomic mass is 16.4. The second kappa shape index (κ2) is 4.96. The summed E-state index contributed by atoms with van der Waals surface area (Å²) in [5.74, 6) is -5.72. The van der Waals surface area contributed by atoms with Gasteiger partial charge in [-0.05, 0) is 13.3 Å². The number of rotatable bonds is 6. The van der Waals surface area contributed by atoms with Gasteiger partial charge >= 0.3 is 17.9 Å². The van der Waals surface area contributed by atoms with Crippen molar-refractivity contribution in [3.05, 3.63) is 0 Å². The van der Waals surface area contributed by atoms with Gasteiger partial charge in [0.25, 0.3) is 0 Å². The molecule has 3 atom stereocenters. The molecular formula is C10H16O6. The summed E-state index contributed by atoms with van der Waals surface area (Å²) in [4.78, 5) is 32.5. The van der Waals surface area contributed by atoms with E-state index < -0.39 is 35.2 Å². The SMILES string of the molecule is C[C@H](C[C@](C)(C(=O)O)[C@@H](C)C(=O)O)C(=O)O.